The Labute approximate surface area is 100 Å². The number of phenols is 1. The van der Waals surface area contributed by atoms with E-state index in [-0.39, 0.29) is 17.6 Å². The van der Waals surface area contributed by atoms with Gasteiger partial charge in [0.15, 0.2) is 0 Å². The fourth-order valence-electron chi connectivity index (χ4n) is 2.60. The van der Waals surface area contributed by atoms with Gasteiger partial charge in [-0.15, -0.1) is 0 Å². The summed E-state index contributed by atoms with van der Waals surface area (Å²) in [4.78, 5) is 11.0. The van der Waals surface area contributed by atoms with E-state index in [2.05, 4.69) is 5.32 Å². The van der Waals surface area contributed by atoms with Crippen molar-refractivity contribution < 1.29 is 15.0 Å². The molecule has 0 amide bonds. The molecule has 1 saturated heterocycles. The normalized spacial score (nSPS) is 18.8. The van der Waals surface area contributed by atoms with E-state index in [1.165, 1.54) is 0 Å². The van der Waals surface area contributed by atoms with Crippen LogP contribution in [0.25, 0.3) is 0 Å². The summed E-state index contributed by atoms with van der Waals surface area (Å²) in [7, 11) is 0. The number of carboxylic acids is 1. The highest BCUT2D eigenvalue weighted by Gasteiger charge is 2.36. The first-order chi connectivity index (χ1) is 8.12. The Morgan fingerprint density at radius 1 is 1.35 bits per heavy atom. The predicted molar refractivity (Wildman–Crippen MR) is 64.1 cm³/mol. The fraction of sp³-hybridized carbons (Fsp3) is 0.462. The van der Waals surface area contributed by atoms with Gasteiger partial charge in [-0.05, 0) is 43.6 Å². The molecule has 0 bridgehead atoms. The van der Waals surface area contributed by atoms with Gasteiger partial charge in [0.25, 0.3) is 0 Å². The number of aromatic hydroxyl groups is 1. The van der Waals surface area contributed by atoms with Crippen LogP contribution in [0.3, 0.4) is 0 Å². The van der Waals surface area contributed by atoms with Crippen LogP contribution in [0.2, 0.25) is 0 Å². The lowest BCUT2D eigenvalue weighted by molar-refractivity contribution is -0.138. The van der Waals surface area contributed by atoms with Gasteiger partial charge in [-0.2, -0.15) is 0 Å². The maximum absolute atomic E-state index is 11.0. The minimum atomic E-state index is -0.782. The number of phenolic OH excluding ortho intramolecular Hbond substituents is 1. The smallest absolute Gasteiger partial charge is 0.304 e. The number of carbonyl (C=O) groups is 1. The number of carboxylic acid groups (broad SMARTS) is 1. The van der Waals surface area contributed by atoms with Gasteiger partial charge in [0, 0.05) is 5.41 Å². The van der Waals surface area contributed by atoms with Crippen LogP contribution in [0.5, 0.6) is 5.75 Å². The van der Waals surface area contributed by atoms with Crippen molar-refractivity contribution >= 4 is 5.97 Å². The minimum Gasteiger partial charge on any atom is -0.508 e. The predicted octanol–water partition coefficient (Wildman–Crippen LogP) is 1.49. The second-order valence-corrected chi connectivity index (χ2v) is 4.65. The molecule has 17 heavy (non-hydrogen) atoms. The molecule has 0 saturated carbocycles. The van der Waals surface area contributed by atoms with Gasteiger partial charge in [-0.25, -0.2) is 0 Å². The Morgan fingerprint density at radius 2 is 2.06 bits per heavy atom. The summed E-state index contributed by atoms with van der Waals surface area (Å²) in [5.41, 5.74) is 0.594. The molecule has 2 rings (SSSR count). The lowest BCUT2D eigenvalue weighted by atomic mass is 9.71. The van der Waals surface area contributed by atoms with E-state index >= 15 is 0 Å². The molecule has 0 aromatic heterocycles. The Bertz CT molecular complexity index is 411. The second-order valence-electron chi connectivity index (χ2n) is 4.65. The summed E-state index contributed by atoms with van der Waals surface area (Å²) in [5, 5.41) is 21.8. The molecular formula is C13H17NO3. The second kappa shape index (κ2) is 4.75. The third kappa shape index (κ3) is 2.58. The lowest BCUT2D eigenvalue weighted by Gasteiger charge is -2.37. The summed E-state index contributed by atoms with van der Waals surface area (Å²) in [6, 6.07) is 6.98. The number of nitrogens with one attached hydrogen (secondary N) is 1. The Kier molecular flexibility index (Phi) is 3.33. The van der Waals surface area contributed by atoms with Crippen LogP contribution >= 0.6 is 0 Å². The topological polar surface area (TPSA) is 69.6 Å². The lowest BCUT2D eigenvalue weighted by Crippen LogP contribution is -2.41. The van der Waals surface area contributed by atoms with E-state index in [1.54, 1.807) is 18.2 Å². The van der Waals surface area contributed by atoms with Crippen LogP contribution in [0.4, 0.5) is 0 Å². The van der Waals surface area contributed by atoms with Gasteiger partial charge in [0.1, 0.15) is 5.75 Å². The van der Waals surface area contributed by atoms with Crippen molar-refractivity contribution in [2.75, 3.05) is 13.1 Å². The van der Waals surface area contributed by atoms with Crippen LogP contribution < -0.4 is 5.32 Å². The molecule has 1 aliphatic heterocycles. The van der Waals surface area contributed by atoms with Crippen molar-refractivity contribution in [1.29, 1.82) is 0 Å². The standard InChI is InChI=1S/C13H17NO3/c15-11-3-1-2-10(8-11)13(9-12(16)17)4-6-14-7-5-13/h1-3,8,14-15H,4-7,9H2,(H,16,17). The molecule has 0 spiro atoms. The van der Waals surface area contributed by atoms with Crippen LogP contribution in [0.1, 0.15) is 24.8 Å². The number of rotatable bonds is 3. The zero-order chi connectivity index (χ0) is 12.3. The van der Waals surface area contributed by atoms with Crippen molar-refractivity contribution in [2.24, 2.45) is 0 Å². The molecule has 3 N–H and O–H groups in total. The molecule has 4 heteroatoms. The summed E-state index contributed by atoms with van der Waals surface area (Å²) in [5.74, 6) is -0.582. The summed E-state index contributed by atoms with van der Waals surface area (Å²) >= 11 is 0. The van der Waals surface area contributed by atoms with Crippen molar-refractivity contribution in [3.8, 4) is 5.75 Å². The van der Waals surface area contributed by atoms with Crippen molar-refractivity contribution in [3.05, 3.63) is 29.8 Å². The zero-order valence-electron chi connectivity index (χ0n) is 9.65. The molecule has 1 heterocycles. The van der Waals surface area contributed by atoms with Crippen LogP contribution in [0, 0.1) is 0 Å². The number of piperidine rings is 1. The summed E-state index contributed by atoms with van der Waals surface area (Å²) in [6.45, 7) is 1.64. The number of hydrogen-bond acceptors (Lipinski definition) is 3. The largest absolute Gasteiger partial charge is 0.508 e. The Morgan fingerprint density at radius 3 is 2.65 bits per heavy atom. The van der Waals surface area contributed by atoms with Crippen molar-refractivity contribution in [1.82, 2.24) is 5.32 Å². The first kappa shape index (κ1) is 11.9. The molecule has 0 unspecified atom stereocenters. The van der Waals surface area contributed by atoms with E-state index in [0.717, 1.165) is 31.5 Å². The summed E-state index contributed by atoms with van der Waals surface area (Å²) in [6.07, 6.45) is 1.71. The molecule has 0 radical (unpaired) electrons. The van der Waals surface area contributed by atoms with Gasteiger partial charge in [-0.3, -0.25) is 4.79 Å². The van der Waals surface area contributed by atoms with Gasteiger partial charge in [0.2, 0.25) is 0 Å². The van der Waals surface area contributed by atoms with Gasteiger partial charge in [-0.1, -0.05) is 12.1 Å². The SMILES string of the molecule is O=C(O)CC1(c2cccc(O)c2)CCNCC1. The molecule has 1 fully saturated rings. The monoisotopic (exact) mass is 235 g/mol. The van der Waals surface area contributed by atoms with E-state index < -0.39 is 5.97 Å². The number of hydrogen-bond donors (Lipinski definition) is 3. The van der Waals surface area contributed by atoms with E-state index in [9.17, 15) is 9.90 Å². The summed E-state index contributed by atoms with van der Waals surface area (Å²) < 4.78 is 0. The molecule has 4 nitrogen and oxygen atoms in total. The number of aliphatic carboxylic acids is 1. The number of benzene rings is 1. The quantitative estimate of drug-likeness (QED) is 0.742. The molecule has 92 valence electrons. The van der Waals surface area contributed by atoms with Gasteiger partial charge in [0.05, 0.1) is 6.42 Å². The highest BCUT2D eigenvalue weighted by Crippen LogP contribution is 2.37. The highest BCUT2D eigenvalue weighted by atomic mass is 16.4. The Hall–Kier alpha value is -1.55. The van der Waals surface area contributed by atoms with E-state index in [4.69, 9.17) is 5.11 Å². The molecule has 1 aliphatic rings. The maximum atomic E-state index is 11.0. The average molecular weight is 235 g/mol. The molecule has 1 aromatic carbocycles. The zero-order valence-corrected chi connectivity index (χ0v) is 9.65. The first-order valence-corrected chi connectivity index (χ1v) is 5.84. The maximum Gasteiger partial charge on any atom is 0.304 e. The third-order valence-corrected chi connectivity index (χ3v) is 3.51. The highest BCUT2D eigenvalue weighted by molar-refractivity contribution is 5.69. The van der Waals surface area contributed by atoms with Crippen molar-refractivity contribution in [3.63, 3.8) is 0 Å². The molecule has 0 atom stereocenters. The molecule has 0 aliphatic carbocycles. The van der Waals surface area contributed by atoms with Gasteiger partial charge < -0.3 is 15.5 Å². The average Bonchev–Trinajstić information content (AvgIpc) is 2.29. The van der Waals surface area contributed by atoms with Crippen LogP contribution in [-0.4, -0.2) is 29.3 Å². The third-order valence-electron chi connectivity index (χ3n) is 3.51. The molecular weight excluding hydrogens is 218 g/mol. The van der Waals surface area contributed by atoms with E-state index in [1.807, 2.05) is 6.07 Å². The van der Waals surface area contributed by atoms with Crippen LogP contribution in [-0.2, 0) is 10.2 Å². The fourth-order valence-corrected chi connectivity index (χ4v) is 2.60. The minimum absolute atomic E-state index is 0.123. The van der Waals surface area contributed by atoms with Gasteiger partial charge >= 0.3 is 5.97 Å². The van der Waals surface area contributed by atoms with E-state index in [0.29, 0.717) is 0 Å². The first-order valence-electron chi connectivity index (χ1n) is 5.84. The molecule has 1 aromatic rings. The Balaban J connectivity index is 2.35. The van der Waals surface area contributed by atoms with Crippen LogP contribution in [0.15, 0.2) is 24.3 Å². The van der Waals surface area contributed by atoms with Crippen molar-refractivity contribution in [2.45, 2.75) is 24.7 Å².